The van der Waals surface area contributed by atoms with Crippen LogP contribution in [0.4, 0.5) is 0 Å². The van der Waals surface area contributed by atoms with E-state index < -0.39 is 0 Å². The number of hydrogen-bond donors (Lipinski definition) is 1. The first-order chi connectivity index (χ1) is 12.8. The van der Waals surface area contributed by atoms with E-state index in [2.05, 4.69) is 45.1 Å². The number of ether oxygens (including phenoxy) is 3. The predicted octanol–water partition coefficient (Wildman–Crippen LogP) is 4.17. The van der Waals surface area contributed by atoms with E-state index in [9.17, 15) is 0 Å². The molecular weight excluding hydrogens is 338 g/mol. The smallest absolute Gasteiger partial charge is 0.161 e. The Hall–Kier alpha value is -1.26. The van der Waals surface area contributed by atoms with Gasteiger partial charge in [0, 0.05) is 18.6 Å². The average molecular weight is 379 g/mol. The van der Waals surface area contributed by atoms with Gasteiger partial charge in [0.2, 0.25) is 0 Å². The molecule has 154 valence electrons. The summed E-state index contributed by atoms with van der Waals surface area (Å²) in [6.45, 7) is 12.2. The molecule has 0 amide bonds. The minimum atomic E-state index is 0.0125. The maximum atomic E-state index is 6.01. The largest absolute Gasteiger partial charge is 0.493 e. The molecule has 1 aromatic rings. The summed E-state index contributed by atoms with van der Waals surface area (Å²) in [7, 11) is 3.37. The summed E-state index contributed by atoms with van der Waals surface area (Å²) in [5.74, 6) is 2.37. The highest BCUT2D eigenvalue weighted by atomic mass is 16.5. The van der Waals surface area contributed by atoms with Crippen LogP contribution in [0.2, 0.25) is 0 Å². The maximum Gasteiger partial charge on any atom is 0.161 e. The summed E-state index contributed by atoms with van der Waals surface area (Å²) in [4.78, 5) is 0. The number of hydrogen-bond acceptors (Lipinski definition) is 3. The third kappa shape index (κ3) is 6.69. The molecule has 1 heterocycles. The van der Waals surface area contributed by atoms with Gasteiger partial charge in [0.1, 0.15) is 6.54 Å². The molecule has 0 bridgehead atoms. The maximum absolute atomic E-state index is 6.01. The van der Waals surface area contributed by atoms with Crippen molar-refractivity contribution in [2.45, 2.75) is 71.9 Å². The number of benzene rings is 1. The third-order valence-corrected chi connectivity index (χ3v) is 5.88. The summed E-state index contributed by atoms with van der Waals surface area (Å²) in [6, 6.07) is 6.21. The fourth-order valence-electron chi connectivity index (χ4n) is 4.42. The molecule has 1 aliphatic heterocycles. The van der Waals surface area contributed by atoms with E-state index in [1.54, 1.807) is 14.2 Å². The molecule has 4 heteroatoms. The van der Waals surface area contributed by atoms with Crippen LogP contribution in [0.25, 0.3) is 0 Å². The highest BCUT2D eigenvalue weighted by molar-refractivity contribution is 5.42. The van der Waals surface area contributed by atoms with Crippen molar-refractivity contribution in [3.05, 3.63) is 23.8 Å². The Bertz CT molecular complexity index is 585. The van der Waals surface area contributed by atoms with E-state index in [0.717, 1.165) is 37.1 Å². The summed E-state index contributed by atoms with van der Waals surface area (Å²) in [5, 5.41) is 2.43. The van der Waals surface area contributed by atoms with Gasteiger partial charge in [0.25, 0.3) is 0 Å². The van der Waals surface area contributed by atoms with E-state index in [1.165, 1.54) is 37.7 Å². The number of rotatable bonds is 10. The molecule has 0 saturated carbocycles. The third-order valence-electron chi connectivity index (χ3n) is 5.88. The molecule has 0 radical (unpaired) electrons. The minimum Gasteiger partial charge on any atom is -0.493 e. The molecule has 0 aliphatic carbocycles. The van der Waals surface area contributed by atoms with Crippen molar-refractivity contribution in [2.24, 2.45) is 11.3 Å². The molecule has 0 unspecified atom stereocenters. The first-order valence-corrected chi connectivity index (χ1v) is 10.5. The standard InChI is InChI=1S/C23H39NO3/c1-18(2)9-10-23(12-14-27-22(3,4)17-23)11-13-24-16-19-7-8-20(25-5)21(15-19)26-6/h7-8,15,18,24H,9-14,16-17H2,1-6H3/p+1/t23-/m1/s1. The molecular formula is C23H40NO3+. The van der Waals surface area contributed by atoms with Crippen LogP contribution in [-0.2, 0) is 11.3 Å². The van der Waals surface area contributed by atoms with Gasteiger partial charge in [-0.1, -0.05) is 20.3 Å². The lowest BCUT2D eigenvalue weighted by atomic mass is 9.68. The van der Waals surface area contributed by atoms with Gasteiger partial charge in [-0.25, -0.2) is 0 Å². The topological polar surface area (TPSA) is 44.3 Å². The molecule has 2 N–H and O–H groups in total. The van der Waals surface area contributed by atoms with Gasteiger partial charge < -0.3 is 19.5 Å². The second-order valence-corrected chi connectivity index (χ2v) is 9.19. The molecule has 4 nitrogen and oxygen atoms in total. The quantitative estimate of drug-likeness (QED) is 0.622. The van der Waals surface area contributed by atoms with Crippen molar-refractivity contribution < 1.29 is 19.5 Å². The molecule has 1 fully saturated rings. The zero-order valence-corrected chi connectivity index (χ0v) is 18.3. The van der Waals surface area contributed by atoms with Crippen LogP contribution in [0, 0.1) is 11.3 Å². The summed E-state index contributed by atoms with van der Waals surface area (Å²) in [5.41, 5.74) is 1.72. The van der Waals surface area contributed by atoms with Crippen LogP contribution < -0.4 is 14.8 Å². The Morgan fingerprint density at radius 1 is 1.11 bits per heavy atom. The van der Waals surface area contributed by atoms with Gasteiger partial charge in [-0.15, -0.1) is 0 Å². The number of quaternary nitrogens is 1. The average Bonchev–Trinajstić information content (AvgIpc) is 2.62. The van der Waals surface area contributed by atoms with Crippen molar-refractivity contribution >= 4 is 0 Å². The molecule has 0 aromatic heterocycles. The van der Waals surface area contributed by atoms with Gasteiger partial charge in [-0.2, -0.15) is 0 Å². The van der Waals surface area contributed by atoms with Gasteiger partial charge in [-0.3, -0.25) is 0 Å². The minimum absolute atomic E-state index is 0.0125. The first kappa shape index (κ1) is 22.0. The van der Waals surface area contributed by atoms with Crippen LogP contribution in [0.1, 0.15) is 65.4 Å². The SMILES string of the molecule is COc1ccc(C[NH2+]CC[C@]2(CCC(C)C)CCOC(C)(C)C2)cc1OC. The van der Waals surface area contributed by atoms with E-state index in [1.807, 2.05) is 6.07 Å². The van der Waals surface area contributed by atoms with Gasteiger partial charge in [0.15, 0.2) is 11.5 Å². The second kappa shape index (κ2) is 9.79. The Kier molecular flexibility index (Phi) is 7.99. The fraction of sp³-hybridized carbons (Fsp3) is 0.739. The van der Waals surface area contributed by atoms with Crippen molar-refractivity contribution in [3.8, 4) is 11.5 Å². The molecule has 27 heavy (non-hydrogen) atoms. The van der Waals surface area contributed by atoms with E-state index in [0.29, 0.717) is 5.41 Å². The van der Waals surface area contributed by atoms with Crippen LogP contribution in [0.15, 0.2) is 18.2 Å². The lowest BCUT2D eigenvalue weighted by Crippen LogP contribution is -2.83. The van der Waals surface area contributed by atoms with Crippen LogP contribution in [-0.4, -0.2) is 33.0 Å². The zero-order chi connectivity index (χ0) is 19.9. The Morgan fingerprint density at radius 3 is 2.48 bits per heavy atom. The summed E-state index contributed by atoms with van der Waals surface area (Å²) in [6.07, 6.45) is 6.28. The molecule has 1 atom stereocenters. The highest BCUT2D eigenvalue weighted by Crippen LogP contribution is 2.45. The van der Waals surface area contributed by atoms with Crippen LogP contribution in [0.5, 0.6) is 11.5 Å². The van der Waals surface area contributed by atoms with Crippen LogP contribution in [0.3, 0.4) is 0 Å². The molecule has 1 aliphatic rings. The second-order valence-electron chi connectivity index (χ2n) is 9.19. The normalized spacial score (nSPS) is 22.0. The zero-order valence-electron chi connectivity index (χ0n) is 18.3. The summed E-state index contributed by atoms with van der Waals surface area (Å²) >= 11 is 0. The Morgan fingerprint density at radius 2 is 1.85 bits per heavy atom. The first-order valence-electron chi connectivity index (χ1n) is 10.5. The van der Waals surface area contributed by atoms with Crippen molar-refractivity contribution in [2.75, 3.05) is 27.4 Å². The molecule has 2 rings (SSSR count). The van der Waals surface area contributed by atoms with E-state index in [4.69, 9.17) is 14.2 Å². The molecule has 0 spiro atoms. The molecule has 1 aromatic carbocycles. The predicted molar refractivity (Wildman–Crippen MR) is 110 cm³/mol. The fourth-order valence-corrected chi connectivity index (χ4v) is 4.42. The van der Waals surface area contributed by atoms with E-state index in [-0.39, 0.29) is 5.60 Å². The van der Waals surface area contributed by atoms with Crippen molar-refractivity contribution in [1.82, 2.24) is 0 Å². The van der Waals surface area contributed by atoms with Gasteiger partial charge in [0.05, 0.1) is 26.4 Å². The van der Waals surface area contributed by atoms with Crippen molar-refractivity contribution in [1.29, 1.82) is 0 Å². The summed E-state index contributed by atoms with van der Waals surface area (Å²) < 4.78 is 16.8. The Balaban J connectivity index is 1.91. The van der Waals surface area contributed by atoms with Gasteiger partial charge >= 0.3 is 0 Å². The molecule has 1 saturated heterocycles. The monoisotopic (exact) mass is 378 g/mol. The number of methoxy groups -OCH3 is 2. The lowest BCUT2D eigenvalue weighted by molar-refractivity contribution is -0.672. The van der Waals surface area contributed by atoms with E-state index >= 15 is 0 Å². The highest BCUT2D eigenvalue weighted by Gasteiger charge is 2.40. The van der Waals surface area contributed by atoms with Gasteiger partial charge in [-0.05, 0) is 62.6 Å². The van der Waals surface area contributed by atoms with Crippen molar-refractivity contribution in [3.63, 3.8) is 0 Å². The lowest BCUT2D eigenvalue weighted by Gasteiger charge is -2.45. The van der Waals surface area contributed by atoms with Crippen LogP contribution >= 0.6 is 0 Å². The number of nitrogens with two attached hydrogens (primary N) is 1. The Labute approximate surface area is 166 Å².